The second kappa shape index (κ2) is 14.0. The van der Waals surface area contributed by atoms with Crippen LogP contribution in [0.3, 0.4) is 0 Å². The molecule has 0 saturated heterocycles. The van der Waals surface area contributed by atoms with Crippen molar-refractivity contribution in [1.29, 1.82) is 0 Å². The van der Waals surface area contributed by atoms with Gasteiger partial charge < -0.3 is 14.2 Å². The lowest BCUT2D eigenvalue weighted by Gasteiger charge is -2.45. The number of thiophene rings is 1. The maximum absolute atomic E-state index is 6.76. The Morgan fingerprint density at radius 1 is 0.529 bits per heavy atom. The Kier molecular flexibility index (Phi) is 9.03. The molecular weight excluding hydrogens is 844 g/mol. The van der Waals surface area contributed by atoms with Crippen molar-refractivity contribution < 1.29 is 4.42 Å². The van der Waals surface area contributed by atoms with Crippen LogP contribution in [0.2, 0.25) is 0 Å². The molecule has 3 nitrogen and oxygen atoms in total. The quantitative estimate of drug-likeness (QED) is 0.161. The number of aryl methyl sites for hydroxylation is 1. The van der Waals surface area contributed by atoms with Gasteiger partial charge in [-0.05, 0) is 182 Å². The predicted molar refractivity (Wildman–Crippen MR) is 296 cm³/mol. The zero-order valence-electron chi connectivity index (χ0n) is 43.4. The van der Waals surface area contributed by atoms with Crippen molar-refractivity contribution in [3.05, 3.63) is 136 Å². The van der Waals surface area contributed by atoms with Gasteiger partial charge in [-0.25, -0.2) is 0 Å². The third kappa shape index (κ3) is 6.28. The summed E-state index contributed by atoms with van der Waals surface area (Å²) in [6.45, 7) is 36.1. The van der Waals surface area contributed by atoms with Crippen molar-refractivity contribution in [3.8, 4) is 0 Å². The van der Waals surface area contributed by atoms with E-state index in [1.54, 1.807) is 0 Å². The molecule has 0 N–H and O–H groups in total. The minimum absolute atomic E-state index is 0.00547. The fraction of sp³-hybridized carbons (Fsp3) is 0.397. The normalized spacial score (nSPS) is 18.7. The van der Waals surface area contributed by atoms with Gasteiger partial charge in [0.2, 0.25) is 0 Å². The van der Waals surface area contributed by atoms with Crippen LogP contribution >= 0.6 is 11.3 Å². The average Bonchev–Trinajstić information content (AvgIpc) is 3.84. The fourth-order valence-electron chi connectivity index (χ4n) is 12.9. The van der Waals surface area contributed by atoms with Crippen LogP contribution in [0.15, 0.2) is 101 Å². The molecule has 4 aliphatic rings. The van der Waals surface area contributed by atoms with Gasteiger partial charge >= 0.3 is 0 Å². The van der Waals surface area contributed by atoms with E-state index in [2.05, 4.69) is 222 Å². The Balaban J connectivity index is 1.21. The number of hydrogen-bond donors (Lipinski definition) is 0. The summed E-state index contributed by atoms with van der Waals surface area (Å²) < 4.78 is 9.61. The maximum Gasteiger partial charge on any atom is 0.264 e. The Labute approximate surface area is 410 Å². The number of anilines is 6. The van der Waals surface area contributed by atoms with Gasteiger partial charge in [-0.1, -0.05) is 127 Å². The van der Waals surface area contributed by atoms with Gasteiger partial charge in [-0.15, -0.1) is 11.3 Å². The highest BCUT2D eigenvalue weighted by molar-refractivity contribution is 7.33. The molecule has 346 valence electrons. The van der Waals surface area contributed by atoms with Crippen LogP contribution in [0.4, 0.5) is 34.1 Å². The Hall–Kier alpha value is -5.26. The molecule has 68 heavy (non-hydrogen) atoms. The second-order valence-corrected chi connectivity index (χ2v) is 27.1. The number of furan rings is 1. The Bertz CT molecular complexity index is 3470. The van der Waals surface area contributed by atoms with E-state index in [0.717, 1.165) is 16.9 Å². The smallest absolute Gasteiger partial charge is 0.264 e. The van der Waals surface area contributed by atoms with Crippen molar-refractivity contribution in [2.45, 2.75) is 162 Å². The molecule has 0 fully saturated rings. The van der Waals surface area contributed by atoms with E-state index in [0.29, 0.717) is 0 Å². The first kappa shape index (κ1) is 44.0. The highest BCUT2D eigenvalue weighted by Gasteiger charge is 2.48. The molecule has 0 bridgehead atoms. The van der Waals surface area contributed by atoms with E-state index in [-0.39, 0.29) is 39.2 Å². The highest BCUT2D eigenvalue weighted by Crippen LogP contribution is 2.55. The van der Waals surface area contributed by atoms with Gasteiger partial charge in [0.25, 0.3) is 6.71 Å². The molecule has 0 unspecified atom stereocenters. The number of hydrogen-bond acceptors (Lipinski definition) is 4. The van der Waals surface area contributed by atoms with Crippen LogP contribution in [0, 0.1) is 6.92 Å². The largest absolute Gasteiger partial charge is 0.456 e. The minimum Gasteiger partial charge on any atom is -0.456 e. The lowest BCUT2D eigenvalue weighted by atomic mass is 9.36. The number of benzene rings is 6. The third-order valence-electron chi connectivity index (χ3n) is 17.3. The lowest BCUT2D eigenvalue weighted by Crippen LogP contribution is -2.60. The van der Waals surface area contributed by atoms with Crippen LogP contribution < -0.4 is 25.5 Å². The standard InChI is InChI=1S/C63H69BN2OS/c1-36-29-49-55-50(30-36)66(48-17-16-18-52-54(48)40-31-37(58(2,3)4)20-24-51(40)67-52)47-23-19-38(59(5,6)7)32-46(47)64(55)57-56(41-34-44-45(35-53(41)68-57)63(14,15)28-27-62(44,12)13)65(49)39-21-22-42-43(33-39)61(10,11)26-25-60(42,8)9/h16-24,29-35H,25-28H2,1-15H3. The summed E-state index contributed by atoms with van der Waals surface area (Å²) >= 11 is 2.05. The monoisotopic (exact) mass is 913 g/mol. The van der Waals surface area contributed by atoms with E-state index in [1.165, 1.54) is 130 Å². The number of nitrogens with zero attached hydrogens (tertiary/aromatic N) is 2. The van der Waals surface area contributed by atoms with E-state index in [1.807, 2.05) is 0 Å². The first-order valence-corrected chi connectivity index (χ1v) is 26.3. The molecule has 8 aromatic rings. The summed E-state index contributed by atoms with van der Waals surface area (Å²) in [5.41, 5.74) is 22.5. The summed E-state index contributed by atoms with van der Waals surface area (Å²) in [6, 6.07) is 38.8. The molecule has 12 rings (SSSR count). The first-order chi connectivity index (χ1) is 31.8. The zero-order chi connectivity index (χ0) is 48.0. The fourth-order valence-corrected chi connectivity index (χ4v) is 14.2. The topological polar surface area (TPSA) is 19.6 Å². The summed E-state index contributed by atoms with van der Waals surface area (Å²) in [7, 11) is 0. The van der Waals surface area contributed by atoms with Crippen molar-refractivity contribution in [3.63, 3.8) is 0 Å². The maximum atomic E-state index is 6.76. The molecule has 0 spiro atoms. The molecule has 0 saturated carbocycles. The summed E-state index contributed by atoms with van der Waals surface area (Å²) in [4.78, 5) is 5.34. The second-order valence-electron chi connectivity index (χ2n) is 26.0. The molecule has 2 aliphatic carbocycles. The van der Waals surface area contributed by atoms with Crippen LogP contribution in [-0.4, -0.2) is 6.71 Å². The van der Waals surface area contributed by atoms with Crippen molar-refractivity contribution >= 4 is 99.9 Å². The third-order valence-corrected chi connectivity index (χ3v) is 18.5. The Morgan fingerprint density at radius 3 is 1.78 bits per heavy atom. The van der Waals surface area contributed by atoms with E-state index >= 15 is 0 Å². The van der Waals surface area contributed by atoms with Gasteiger partial charge in [0.1, 0.15) is 11.2 Å². The predicted octanol–water partition coefficient (Wildman–Crippen LogP) is 16.5. The van der Waals surface area contributed by atoms with E-state index < -0.39 is 0 Å². The van der Waals surface area contributed by atoms with Gasteiger partial charge in [-0.2, -0.15) is 0 Å². The molecule has 5 heteroatoms. The molecule has 0 amide bonds. The van der Waals surface area contributed by atoms with Crippen LogP contribution in [0.25, 0.3) is 32.0 Å². The number of fused-ring (bicyclic) bond motifs is 11. The molecule has 4 heterocycles. The van der Waals surface area contributed by atoms with E-state index in [9.17, 15) is 0 Å². The molecule has 0 radical (unpaired) electrons. The van der Waals surface area contributed by atoms with E-state index in [4.69, 9.17) is 4.42 Å². The van der Waals surface area contributed by atoms with Crippen molar-refractivity contribution in [2.75, 3.05) is 9.80 Å². The van der Waals surface area contributed by atoms with Crippen LogP contribution in [-0.2, 0) is 32.5 Å². The van der Waals surface area contributed by atoms with Gasteiger partial charge in [0.15, 0.2) is 0 Å². The van der Waals surface area contributed by atoms with Gasteiger partial charge in [-0.3, -0.25) is 0 Å². The summed E-state index contributed by atoms with van der Waals surface area (Å²) in [5, 5.41) is 3.72. The first-order valence-electron chi connectivity index (χ1n) is 25.5. The van der Waals surface area contributed by atoms with Crippen molar-refractivity contribution in [1.82, 2.24) is 0 Å². The van der Waals surface area contributed by atoms with Crippen molar-refractivity contribution in [2.24, 2.45) is 0 Å². The molecule has 2 aromatic heterocycles. The zero-order valence-corrected chi connectivity index (χ0v) is 44.2. The molecule has 0 atom stereocenters. The lowest BCUT2D eigenvalue weighted by molar-refractivity contribution is 0.332. The van der Waals surface area contributed by atoms with Gasteiger partial charge in [0, 0.05) is 43.0 Å². The molecule has 6 aromatic carbocycles. The Morgan fingerprint density at radius 2 is 1.12 bits per heavy atom. The highest BCUT2D eigenvalue weighted by atomic mass is 32.1. The van der Waals surface area contributed by atoms with Gasteiger partial charge in [0.05, 0.1) is 16.8 Å². The van der Waals surface area contributed by atoms with Crippen LogP contribution in [0.1, 0.15) is 162 Å². The summed E-state index contributed by atoms with van der Waals surface area (Å²) in [6.07, 6.45) is 4.76. The minimum atomic E-state index is -0.0377. The number of rotatable bonds is 2. The summed E-state index contributed by atoms with van der Waals surface area (Å²) in [5.74, 6) is 0. The molecular formula is C63H69BN2OS. The SMILES string of the molecule is Cc1cc2c3c(c1)N(c1cccc4oc5ccc(C(C)(C)C)cc5c14)c1ccc(C(C)(C)C)cc1B3c1sc3cc4c(cc3c1N2c1ccc2c(c1)C(C)(C)CCC2(C)C)C(C)(C)CCC4(C)C. The van der Waals surface area contributed by atoms with Crippen LogP contribution in [0.5, 0.6) is 0 Å². The average molecular weight is 913 g/mol. The molecule has 2 aliphatic heterocycles.